The molecule has 0 N–H and O–H groups in total. The molecule has 142 valence electrons. The summed E-state index contributed by atoms with van der Waals surface area (Å²) in [5.41, 5.74) is 5.08. The summed E-state index contributed by atoms with van der Waals surface area (Å²) in [4.78, 5) is 19.4. The van der Waals surface area contributed by atoms with Gasteiger partial charge in [0.1, 0.15) is 5.52 Å². The number of aliphatic imine (C=N–C) groups is 1. The summed E-state index contributed by atoms with van der Waals surface area (Å²) in [5, 5.41) is 10.8. The maximum atomic E-state index is 10.8. The normalized spacial score (nSPS) is 11.6. The maximum Gasteiger partial charge on any atom is 0.270 e. The molecule has 0 aliphatic rings. The smallest absolute Gasteiger partial charge is 0.270 e. The van der Waals surface area contributed by atoms with E-state index in [1.54, 1.807) is 30.5 Å². The topological polar surface area (TPSA) is 81.5 Å². The van der Waals surface area contributed by atoms with Gasteiger partial charge in [0.2, 0.25) is 5.89 Å². The number of fused-ring (bicyclic) bond motifs is 1. The molecule has 1 heterocycles. The van der Waals surface area contributed by atoms with Crippen molar-refractivity contribution in [1.82, 2.24) is 4.98 Å². The van der Waals surface area contributed by atoms with Crippen LogP contribution in [0.25, 0.3) is 28.6 Å². The van der Waals surface area contributed by atoms with E-state index in [1.165, 1.54) is 12.1 Å². The Hall–Kier alpha value is -4.06. The quantitative estimate of drug-likeness (QED) is 0.236. The second-order valence-electron chi connectivity index (χ2n) is 6.48. The van der Waals surface area contributed by atoms with Crippen LogP contribution in [0.15, 0.2) is 82.2 Å². The molecule has 0 radical (unpaired) electrons. The van der Waals surface area contributed by atoms with Gasteiger partial charge in [-0.2, -0.15) is 0 Å². The highest BCUT2D eigenvalue weighted by Crippen LogP contribution is 2.28. The van der Waals surface area contributed by atoms with Gasteiger partial charge < -0.3 is 4.42 Å². The van der Waals surface area contributed by atoms with Gasteiger partial charge in [-0.15, -0.1) is 0 Å². The molecule has 1 aromatic heterocycles. The van der Waals surface area contributed by atoms with Gasteiger partial charge in [0.15, 0.2) is 5.58 Å². The van der Waals surface area contributed by atoms with Crippen LogP contribution in [0.5, 0.6) is 0 Å². The molecule has 0 saturated heterocycles. The largest absolute Gasteiger partial charge is 0.436 e. The summed E-state index contributed by atoms with van der Waals surface area (Å²) < 4.78 is 5.87. The van der Waals surface area contributed by atoms with E-state index < -0.39 is 4.92 Å². The van der Waals surface area contributed by atoms with Crippen molar-refractivity contribution in [2.75, 3.05) is 0 Å². The number of hydrogen-bond acceptors (Lipinski definition) is 5. The summed E-state index contributed by atoms with van der Waals surface area (Å²) in [6.45, 7) is 2.00. The number of allylic oxidation sites excluding steroid dienone is 1. The van der Waals surface area contributed by atoms with Crippen molar-refractivity contribution < 1.29 is 9.34 Å². The molecule has 0 atom stereocenters. The van der Waals surface area contributed by atoms with E-state index in [2.05, 4.69) is 9.98 Å². The van der Waals surface area contributed by atoms with Crippen LogP contribution in [0.3, 0.4) is 0 Å². The second kappa shape index (κ2) is 7.90. The summed E-state index contributed by atoms with van der Waals surface area (Å²) in [5.74, 6) is 0.554. The number of nitro benzene ring substituents is 1. The zero-order valence-electron chi connectivity index (χ0n) is 15.6. The zero-order chi connectivity index (χ0) is 20.2. The SMILES string of the molecule is Cc1cccc2oc(-c3cccc(N=C/C=C/c4cccc([N+](=O)[O-])c4)c3)nc12. The number of para-hydroxylation sites is 1. The molecule has 6 heteroatoms. The fourth-order valence-electron chi connectivity index (χ4n) is 2.95. The standard InChI is InChI=1S/C23H17N3O3/c1-16-6-2-12-21-22(16)25-23(29-21)18-9-4-10-19(15-18)24-13-5-8-17-7-3-11-20(14-17)26(27)28/h2-15H,1H3/b8-5+,24-13?. The fourth-order valence-corrected chi connectivity index (χ4v) is 2.95. The highest BCUT2D eigenvalue weighted by atomic mass is 16.6. The fraction of sp³-hybridized carbons (Fsp3) is 0.0435. The lowest BCUT2D eigenvalue weighted by atomic mass is 10.2. The number of rotatable bonds is 5. The third-order valence-electron chi connectivity index (χ3n) is 4.39. The molecule has 0 unspecified atom stereocenters. The van der Waals surface area contributed by atoms with E-state index in [0.717, 1.165) is 33.5 Å². The van der Waals surface area contributed by atoms with Gasteiger partial charge in [0, 0.05) is 23.9 Å². The Morgan fingerprint density at radius 2 is 1.90 bits per heavy atom. The van der Waals surface area contributed by atoms with Crippen molar-refractivity contribution in [3.8, 4) is 11.5 Å². The minimum Gasteiger partial charge on any atom is -0.436 e. The van der Waals surface area contributed by atoms with Crippen LogP contribution < -0.4 is 0 Å². The lowest BCUT2D eigenvalue weighted by Crippen LogP contribution is -1.87. The average Bonchev–Trinajstić information content (AvgIpc) is 3.18. The molecule has 3 aromatic carbocycles. The Kier molecular flexibility index (Phi) is 4.99. The van der Waals surface area contributed by atoms with E-state index in [-0.39, 0.29) is 5.69 Å². The molecular weight excluding hydrogens is 366 g/mol. The van der Waals surface area contributed by atoms with Gasteiger partial charge in [-0.1, -0.05) is 36.4 Å². The number of nitro groups is 1. The summed E-state index contributed by atoms with van der Waals surface area (Å²) in [7, 11) is 0. The first-order valence-corrected chi connectivity index (χ1v) is 9.02. The predicted molar refractivity (Wildman–Crippen MR) is 114 cm³/mol. The molecule has 0 bridgehead atoms. The van der Waals surface area contributed by atoms with Gasteiger partial charge >= 0.3 is 0 Å². The monoisotopic (exact) mass is 383 g/mol. The Morgan fingerprint density at radius 3 is 2.72 bits per heavy atom. The minimum atomic E-state index is -0.412. The van der Waals surface area contributed by atoms with Gasteiger partial charge in [-0.05, 0) is 48.4 Å². The van der Waals surface area contributed by atoms with Crippen LogP contribution >= 0.6 is 0 Å². The summed E-state index contributed by atoms with van der Waals surface area (Å²) in [6.07, 6.45) is 5.16. The molecule has 0 aliphatic carbocycles. The average molecular weight is 383 g/mol. The number of aryl methyl sites for hydroxylation is 1. The molecule has 0 amide bonds. The lowest BCUT2D eigenvalue weighted by molar-refractivity contribution is -0.384. The van der Waals surface area contributed by atoms with Crippen molar-refractivity contribution >= 4 is 34.8 Å². The van der Waals surface area contributed by atoms with Gasteiger partial charge in [-0.3, -0.25) is 15.1 Å². The molecule has 4 rings (SSSR count). The van der Waals surface area contributed by atoms with E-state index in [0.29, 0.717) is 5.89 Å². The minimum absolute atomic E-state index is 0.0605. The van der Waals surface area contributed by atoms with E-state index in [4.69, 9.17) is 4.42 Å². The van der Waals surface area contributed by atoms with Crippen LogP contribution in [0, 0.1) is 17.0 Å². The van der Waals surface area contributed by atoms with Gasteiger partial charge in [0.25, 0.3) is 5.69 Å². The lowest BCUT2D eigenvalue weighted by Gasteiger charge is -1.97. The summed E-state index contributed by atoms with van der Waals surface area (Å²) in [6, 6.07) is 19.9. The number of hydrogen-bond donors (Lipinski definition) is 0. The van der Waals surface area contributed by atoms with Crippen LogP contribution in [0.1, 0.15) is 11.1 Å². The number of nitrogens with zero attached hydrogens (tertiary/aromatic N) is 3. The third kappa shape index (κ3) is 4.11. The van der Waals surface area contributed by atoms with Crippen molar-refractivity contribution in [2.45, 2.75) is 6.92 Å². The number of aromatic nitrogens is 1. The molecular formula is C23H17N3O3. The predicted octanol–water partition coefficient (Wildman–Crippen LogP) is 6.13. The van der Waals surface area contributed by atoms with E-state index in [1.807, 2.05) is 49.4 Å². The first-order valence-electron chi connectivity index (χ1n) is 9.02. The Bertz CT molecular complexity index is 1260. The van der Waals surface area contributed by atoms with Gasteiger partial charge in [-0.25, -0.2) is 4.98 Å². The van der Waals surface area contributed by atoms with Gasteiger partial charge in [0.05, 0.1) is 10.6 Å². The number of oxazole rings is 1. The Labute approximate surface area is 167 Å². The molecule has 0 saturated carbocycles. The van der Waals surface area contributed by atoms with Crippen LogP contribution in [0.4, 0.5) is 11.4 Å². The highest BCUT2D eigenvalue weighted by Gasteiger charge is 2.10. The second-order valence-corrected chi connectivity index (χ2v) is 6.48. The van der Waals surface area contributed by atoms with Crippen molar-refractivity contribution in [1.29, 1.82) is 0 Å². The molecule has 6 nitrogen and oxygen atoms in total. The number of benzene rings is 3. The molecule has 0 aliphatic heterocycles. The van der Waals surface area contributed by atoms with E-state index >= 15 is 0 Å². The van der Waals surface area contributed by atoms with Crippen LogP contribution in [-0.2, 0) is 0 Å². The third-order valence-corrected chi connectivity index (χ3v) is 4.39. The Morgan fingerprint density at radius 1 is 1.07 bits per heavy atom. The molecule has 29 heavy (non-hydrogen) atoms. The van der Waals surface area contributed by atoms with Crippen molar-refractivity contribution in [2.24, 2.45) is 4.99 Å². The van der Waals surface area contributed by atoms with Crippen LogP contribution in [0.2, 0.25) is 0 Å². The Balaban J connectivity index is 1.53. The maximum absolute atomic E-state index is 10.8. The number of non-ortho nitro benzene ring substituents is 1. The zero-order valence-corrected chi connectivity index (χ0v) is 15.6. The van der Waals surface area contributed by atoms with Crippen molar-refractivity contribution in [3.05, 3.63) is 94.0 Å². The highest BCUT2D eigenvalue weighted by molar-refractivity contribution is 5.82. The van der Waals surface area contributed by atoms with E-state index in [9.17, 15) is 10.1 Å². The first-order chi connectivity index (χ1) is 14.1. The molecule has 0 spiro atoms. The first kappa shape index (κ1) is 18.3. The molecule has 4 aromatic rings. The molecule has 0 fully saturated rings. The summed E-state index contributed by atoms with van der Waals surface area (Å²) >= 11 is 0. The van der Waals surface area contributed by atoms with Crippen molar-refractivity contribution in [3.63, 3.8) is 0 Å². The van der Waals surface area contributed by atoms with Crippen LogP contribution in [-0.4, -0.2) is 16.1 Å².